The largest absolute Gasteiger partial charge is 1.00 e. The molecule has 0 spiro atoms. The zero-order chi connectivity index (χ0) is 3.58. The van der Waals surface area contributed by atoms with E-state index in [1.807, 2.05) is 0 Å². The number of hydrogen-bond acceptors (Lipinski definition) is 0. The van der Waals surface area contributed by atoms with Crippen molar-refractivity contribution in [1.82, 2.24) is 0 Å². The molecule has 0 unspecified atom stereocenters. The predicted octanol–water partition coefficient (Wildman–Crippen LogP) is -4.52. The Kier molecular flexibility index (Phi) is 10.6. The molecule has 0 N–H and O–H groups in total. The molecule has 0 aliphatic carbocycles. The Bertz CT molecular complexity index is 8.36. The van der Waals surface area contributed by atoms with Crippen molar-refractivity contribution in [3.63, 3.8) is 0 Å². The van der Waals surface area contributed by atoms with E-state index >= 15 is 0 Å². The van der Waals surface area contributed by atoms with E-state index in [1.165, 1.54) is 0 Å². The van der Waals surface area contributed by atoms with E-state index in [0.29, 0.717) is 0 Å². The van der Waals surface area contributed by atoms with Crippen LogP contribution in [0.2, 0.25) is 0 Å². The molecule has 0 bridgehead atoms. The summed E-state index contributed by atoms with van der Waals surface area (Å²) in [6, 6.07) is 0. The van der Waals surface area contributed by atoms with Gasteiger partial charge in [0.1, 0.15) is 0 Å². The Morgan fingerprint density at radius 1 is 1.00 bits per heavy atom. The Morgan fingerprint density at radius 3 is 1.00 bits per heavy atom. The predicted molar refractivity (Wildman–Crippen MR) is 23.0 cm³/mol. The molecule has 0 rings (SSSR count). The van der Waals surface area contributed by atoms with Gasteiger partial charge in [-0.05, 0) is 0 Å². The third kappa shape index (κ3) is 30.6. The van der Waals surface area contributed by atoms with Crippen LogP contribution in [-0.4, -0.2) is 36.6 Å². The maximum atomic E-state index is 3.24. The number of hydrogen-bond donors (Lipinski definition) is 0. The molecule has 0 saturated carbocycles. The van der Waals surface area contributed by atoms with Crippen LogP contribution >= 0.6 is 0 Å². The summed E-state index contributed by atoms with van der Waals surface area (Å²) in [6.07, 6.45) is 0. The third-order valence-corrected chi connectivity index (χ3v) is 0. The van der Waals surface area contributed by atoms with Crippen LogP contribution in [0.5, 0.6) is 0 Å². The zero-order valence-corrected chi connectivity index (χ0v) is 7.00. The first kappa shape index (κ1) is 9.69. The summed E-state index contributed by atoms with van der Waals surface area (Å²) in [5.41, 5.74) is 0. The van der Waals surface area contributed by atoms with E-state index in [4.69, 9.17) is 0 Å². The van der Waals surface area contributed by atoms with E-state index in [-0.39, 0.29) is 18.9 Å². The van der Waals surface area contributed by atoms with Gasteiger partial charge in [0.05, 0.1) is 0 Å². The minimum Gasteiger partial charge on any atom is -0.301 e. The molecule has 0 aliphatic heterocycles. The molecule has 0 aliphatic rings. The first-order valence-corrected chi connectivity index (χ1v) is 6.75. The van der Waals surface area contributed by atoms with Crippen LogP contribution in [0.1, 0.15) is 0 Å². The second kappa shape index (κ2) is 5.46. The van der Waals surface area contributed by atoms with E-state index < -0.39 is 7.35 Å². The van der Waals surface area contributed by atoms with Gasteiger partial charge in [-0.1, -0.05) is 0 Å². The monoisotopic (exact) mass is 119 g/mol. The van der Waals surface area contributed by atoms with E-state index in [9.17, 15) is 0 Å². The van der Waals surface area contributed by atoms with Crippen LogP contribution in [0.4, 0.5) is 0 Å². The molecule has 0 aromatic carbocycles. The molecule has 0 nitrogen and oxygen atoms in total. The fourth-order valence-electron chi connectivity index (χ4n) is 0. The normalized spacial score (nSPS) is 7.20. The molecular formula is LiSi4. The first-order valence-electron chi connectivity index (χ1n) is 0.750. The van der Waals surface area contributed by atoms with Crippen molar-refractivity contribution < 1.29 is 18.9 Å². The molecule has 0 aromatic rings. The van der Waals surface area contributed by atoms with Gasteiger partial charge in [0.15, 0.2) is 0 Å². The Labute approximate surface area is 55.5 Å². The fourth-order valence-corrected chi connectivity index (χ4v) is 0. The van der Waals surface area contributed by atoms with Crippen LogP contribution in [0.3, 0.4) is 0 Å². The quantitative estimate of drug-likeness (QED) is 0.282. The molecule has 17 valence electrons. The van der Waals surface area contributed by atoms with Crippen LogP contribution in [0.25, 0.3) is 0 Å². The summed E-state index contributed by atoms with van der Waals surface area (Å²) >= 11 is 0. The molecule has 0 fully saturated rings. The van der Waals surface area contributed by atoms with E-state index in [2.05, 4.69) is 29.3 Å². The number of rotatable bonds is 0. The summed E-state index contributed by atoms with van der Waals surface area (Å²) in [4.78, 5) is 0. The fraction of sp³-hybridized carbons (Fsp3) is 0. The molecule has 9 radical (unpaired) electrons. The topological polar surface area (TPSA) is 0 Å². The van der Waals surface area contributed by atoms with E-state index in [1.54, 1.807) is 0 Å². The van der Waals surface area contributed by atoms with Crippen molar-refractivity contribution in [3.05, 3.63) is 0 Å². The Hall–Kier alpha value is 1.46. The van der Waals surface area contributed by atoms with Gasteiger partial charge in [0, 0.05) is 0 Å². The van der Waals surface area contributed by atoms with Gasteiger partial charge in [-0.15, -0.1) is 0 Å². The van der Waals surface area contributed by atoms with Gasteiger partial charge < -0.3 is 7.35 Å². The average molecular weight is 119 g/mol. The molecule has 0 saturated heterocycles. The van der Waals surface area contributed by atoms with Crippen molar-refractivity contribution in [1.29, 1.82) is 0 Å². The SMILES string of the molecule is [Li+].[Si][Si-]([Si])[Si]. The van der Waals surface area contributed by atoms with Crippen LogP contribution in [-0.2, 0) is 0 Å². The van der Waals surface area contributed by atoms with Gasteiger partial charge in [-0.25, -0.2) is 29.3 Å². The maximum absolute atomic E-state index is 3.24. The van der Waals surface area contributed by atoms with Crippen molar-refractivity contribution in [2.45, 2.75) is 0 Å². The second-order valence-corrected chi connectivity index (χ2v) is 10.1. The molecule has 0 amide bonds. The summed E-state index contributed by atoms with van der Waals surface area (Å²) in [7, 11) is 9.26. The molecule has 0 atom stereocenters. The molecule has 5 heteroatoms. The third-order valence-electron chi connectivity index (χ3n) is 0. The van der Waals surface area contributed by atoms with Gasteiger partial charge in [-0.2, -0.15) is 0 Å². The summed E-state index contributed by atoms with van der Waals surface area (Å²) < 4.78 is 0. The maximum Gasteiger partial charge on any atom is 1.00 e. The molecule has 0 heterocycles. The average Bonchev–Trinajstić information content (AvgIpc) is 0.811. The zero-order valence-electron chi connectivity index (χ0n) is 3.00. The standard InChI is InChI=1S/Li.Si4/c;1-4(2)3/q+1;-1. The van der Waals surface area contributed by atoms with Gasteiger partial charge in [0.2, 0.25) is 0 Å². The summed E-state index contributed by atoms with van der Waals surface area (Å²) in [6.45, 7) is 0. The van der Waals surface area contributed by atoms with Crippen molar-refractivity contribution in [2.24, 2.45) is 0 Å². The van der Waals surface area contributed by atoms with Gasteiger partial charge in [0.25, 0.3) is 0 Å². The molecular weight excluding hydrogens is 119 g/mol. The van der Waals surface area contributed by atoms with Crippen LogP contribution < -0.4 is 18.9 Å². The Morgan fingerprint density at radius 2 is 1.00 bits per heavy atom. The van der Waals surface area contributed by atoms with Crippen LogP contribution in [0, 0.1) is 0 Å². The first-order chi connectivity index (χ1) is 1.73. The molecule has 0 aromatic heterocycles. The van der Waals surface area contributed by atoms with E-state index in [0.717, 1.165) is 0 Å². The van der Waals surface area contributed by atoms with Crippen LogP contribution in [0.15, 0.2) is 0 Å². The minimum atomic E-state index is -0.463. The van der Waals surface area contributed by atoms with Gasteiger partial charge >= 0.3 is 18.9 Å². The summed E-state index contributed by atoms with van der Waals surface area (Å²) in [5.74, 6) is 0. The second-order valence-electron chi connectivity index (χ2n) is 0.375. The summed E-state index contributed by atoms with van der Waals surface area (Å²) in [5, 5.41) is 0. The molecule has 5 heavy (non-hydrogen) atoms. The minimum absolute atomic E-state index is 0. The van der Waals surface area contributed by atoms with Crippen molar-refractivity contribution in [2.75, 3.05) is 0 Å². The van der Waals surface area contributed by atoms with Gasteiger partial charge in [-0.3, -0.25) is 0 Å². The smallest absolute Gasteiger partial charge is 0.301 e. The van der Waals surface area contributed by atoms with Crippen molar-refractivity contribution >= 4 is 36.6 Å². The van der Waals surface area contributed by atoms with Crippen molar-refractivity contribution in [3.8, 4) is 0 Å². The Balaban J connectivity index is 0.